The maximum Gasteiger partial charge on any atom is 0.327 e. The molecule has 0 aliphatic carbocycles. The Bertz CT molecular complexity index is 634. The summed E-state index contributed by atoms with van der Waals surface area (Å²) in [5.74, 6) is -0.790. The highest BCUT2D eigenvalue weighted by Crippen LogP contribution is 2.26. The summed E-state index contributed by atoms with van der Waals surface area (Å²) < 4.78 is 0. The SMILES string of the molecule is O=C(CCC(=S)N1CC2CCCN2CC1C(=O)O)c1ccccc1. The van der Waals surface area contributed by atoms with E-state index >= 15 is 0 Å². The van der Waals surface area contributed by atoms with Gasteiger partial charge in [0.1, 0.15) is 6.04 Å². The minimum Gasteiger partial charge on any atom is -0.480 e. The van der Waals surface area contributed by atoms with Crippen LogP contribution in [-0.4, -0.2) is 63.4 Å². The second-order valence-corrected chi connectivity index (χ2v) is 6.95. The molecule has 0 radical (unpaired) electrons. The number of hydrogen-bond donors (Lipinski definition) is 1. The molecule has 6 heteroatoms. The number of rotatable bonds is 5. The van der Waals surface area contributed by atoms with E-state index in [-0.39, 0.29) is 5.78 Å². The maximum atomic E-state index is 12.2. The van der Waals surface area contributed by atoms with Crippen molar-refractivity contribution in [3.63, 3.8) is 0 Å². The predicted molar refractivity (Wildman–Crippen MR) is 95.3 cm³/mol. The van der Waals surface area contributed by atoms with Gasteiger partial charge in [-0.05, 0) is 19.4 Å². The van der Waals surface area contributed by atoms with Gasteiger partial charge >= 0.3 is 5.97 Å². The monoisotopic (exact) mass is 346 g/mol. The van der Waals surface area contributed by atoms with E-state index in [0.717, 1.165) is 19.4 Å². The summed E-state index contributed by atoms with van der Waals surface area (Å²) in [7, 11) is 0. The topological polar surface area (TPSA) is 60.9 Å². The molecule has 3 rings (SSSR count). The summed E-state index contributed by atoms with van der Waals surface area (Å²) in [6, 6.07) is 8.93. The lowest BCUT2D eigenvalue weighted by Crippen LogP contribution is -2.60. The van der Waals surface area contributed by atoms with Crippen molar-refractivity contribution >= 4 is 29.0 Å². The number of benzene rings is 1. The molecule has 5 nitrogen and oxygen atoms in total. The molecule has 24 heavy (non-hydrogen) atoms. The molecule has 2 aliphatic heterocycles. The molecular weight excluding hydrogens is 324 g/mol. The van der Waals surface area contributed by atoms with E-state index in [0.29, 0.717) is 42.5 Å². The van der Waals surface area contributed by atoms with Crippen molar-refractivity contribution in [2.75, 3.05) is 19.6 Å². The number of hydrogen-bond acceptors (Lipinski definition) is 4. The first-order chi connectivity index (χ1) is 11.6. The van der Waals surface area contributed by atoms with Gasteiger partial charge < -0.3 is 10.0 Å². The first-order valence-corrected chi connectivity index (χ1v) is 8.81. The van der Waals surface area contributed by atoms with Gasteiger partial charge in [-0.1, -0.05) is 42.5 Å². The number of ketones is 1. The van der Waals surface area contributed by atoms with E-state index < -0.39 is 12.0 Å². The molecule has 0 amide bonds. The van der Waals surface area contributed by atoms with Crippen LogP contribution in [-0.2, 0) is 4.79 Å². The number of carbonyl (C=O) groups excluding carboxylic acids is 1. The van der Waals surface area contributed by atoms with Gasteiger partial charge in [0.15, 0.2) is 5.78 Å². The predicted octanol–water partition coefficient (Wildman–Crippen LogP) is 2.21. The summed E-state index contributed by atoms with van der Waals surface area (Å²) in [6.45, 7) is 2.16. The number of thiocarbonyl (C=S) groups is 1. The summed E-state index contributed by atoms with van der Waals surface area (Å²) in [4.78, 5) is 28.5. The highest BCUT2D eigenvalue weighted by molar-refractivity contribution is 7.80. The fourth-order valence-corrected chi connectivity index (χ4v) is 3.94. The normalized spacial score (nSPS) is 23.8. The highest BCUT2D eigenvalue weighted by Gasteiger charge is 2.40. The highest BCUT2D eigenvalue weighted by atomic mass is 32.1. The van der Waals surface area contributed by atoms with Crippen LogP contribution >= 0.6 is 12.2 Å². The van der Waals surface area contributed by atoms with Gasteiger partial charge in [0.2, 0.25) is 0 Å². The number of carboxylic acid groups (broad SMARTS) is 1. The van der Waals surface area contributed by atoms with Gasteiger partial charge in [0.05, 0.1) is 4.99 Å². The molecule has 2 atom stereocenters. The number of fused-ring (bicyclic) bond motifs is 1. The number of carbonyl (C=O) groups is 2. The molecule has 2 unspecified atom stereocenters. The molecular formula is C18H22N2O3S. The van der Waals surface area contributed by atoms with Crippen LogP contribution in [0.4, 0.5) is 0 Å². The van der Waals surface area contributed by atoms with Gasteiger partial charge in [0, 0.05) is 37.5 Å². The third kappa shape index (κ3) is 3.65. The van der Waals surface area contributed by atoms with Gasteiger partial charge in [0.25, 0.3) is 0 Å². The zero-order chi connectivity index (χ0) is 17.1. The zero-order valence-electron chi connectivity index (χ0n) is 13.6. The standard InChI is InChI=1S/C18H22N2O3S/c21-16(13-5-2-1-3-6-13)8-9-17(24)20-11-14-7-4-10-19(14)12-15(20)18(22)23/h1-3,5-6,14-15H,4,7-12H2,(H,22,23). The van der Waals surface area contributed by atoms with Crippen LogP contribution in [0.1, 0.15) is 36.0 Å². The average molecular weight is 346 g/mol. The van der Waals surface area contributed by atoms with Crippen molar-refractivity contribution in [3.05, 3.63) is 35.9 Å². The Morgan fingerprint density at radius 2 is 1.92 bits per heavy atom. The average Bonchev–Trinajstić information content (AvgIpc) is 3.06. The van der Waals surface area contributed by atoms with Crippen LogP contribution in [0.5, 0.6) is 0 Å². The largest absolute Gasteiger partial charge is 0.480 e. The smallest absolute Gasteiger partial charge is 0.327 e. The fourth-order valence-electron chi connectivity index (χ4n) is 3.64. The first kappa shape index (κ1) is 17.0. The Hall–Kier alpha value is -1.79. The molecule has 2 aliphatic rings. The van der Waals surface area contributed by atoms with Crippen molar-refractivity contribution in [1.82, 2.24) is 9.80 Å². The van der Waals surface area contributed by atoms with Crippen molar-refractivity contribution in [2.24, 2.45) is 0 Å². The first-order valence-electron chi connectivity index (χ1n) is 8.41. The molecule has 1 N–H and O–H groups in total. The van der Waals surface area contributed by atoms with E-state index in [4.69, 9.17) is 12.2 Å². The summed E-state index contributed by atoms with van der Waals surface area (Å²) in [6.07, 6.45) is 2.96. The molecule has 2 heterocycles. The van der Waals surface area contributed by atoms with Crippen LogP contribution in [0.2, 0.25) is 0 Å². The molecule has 1 aromatic carbocycles. The molecule has 2 saturated heterocycles. The molecule has 0 spiro atoms. The molecule has 1 aromatic rings. The van der Waals surface area contributed by atoms with E-state index in [2.05, 4.69) is 4.90 Å². The lowest BCUT2D eigenvalue weighted by atomic mass is 10.0. The second-order valence-electron chi connectivity index (χ2n) is 6.48. The quantitative estimate of drug-likeness (QED) is 0.652. The number of aliphatic carboxylic acids is 1. The minimum absolute atomic E-state index is 0.0457. The van der Waals surface area contributed by atoms with E-state index in [1.165, 1.54) is 0 Å². The third-order valence-electron chi connectivity index (χ3n) is 4.96. The lowest BCUT2D eigenvalue weighted by Gasteiger charge is -2.43. The van der Waals surface area contributed by atoms with Gasteiger partial charge in [-0.25, -0.2) is 4.79 Å². The number of nitrogens with zero attached hydrogens (tertiary/aromatic N) is 2. The molecule has 128 valence electrons. The van der Waals surface area contributed by atoms with E-state index in [9.17, 15) is 14.7 Å². The Kier molecular flexibility index (Phi) is 5.26. The maximum absolute atomic E-state index is 12.2. The Balaban J connectivity index is 1.62. The van der Waals surface area contributed by atoms with E-state index in [1.54, 1.807) is 12.1 Å². The van der Waals surface area contributed by atoms with Crippen molar-refractivity contribution < 1.29 is 14.7 Å². The van der Waals surface area contributed by atoms with Gasteiger partial charge in [-0.2, -0.15) is 0 Å². The Labute approximate surface area is 147 Å². The zero-order valence-corrected chi connectivity index (χ0v) is 14.4. The molecule has 0 saturated carbocycles. The van der Waals surface area contributed by atoms with Gasteiger partial charge in [-0.15, -0.1) is 0 Å². The van der Waals surface area contributed by atoms with Crippen LogP contribution < -0.4 is 0 Å². The molecule has 2 fully saturated rings. The van der Waals surface area contributed by atoms with E-state index in [1.807, 2.05) is 23.1 Å². The van der Waals surface area contributed by atoms with Crippen LogP contribution in [0.15, 0.2) is 30.3 Å². The van der Waals surface area contributed by atoms with Crippen molar-refractivity contribution in [1.29, 1.82) is 0 Å². The second kappa shape index (κ2) is 7.40. The van der Waals surface area contributed by atoms with Gasteiger partial charge in [-0.3, -0.25) is 9.69 Å². The third-order valence-corrected chi connectivity index (χ3v) is 5.40. The molecule has 0 bridgehead atoms. The summed E-state index contributed by atoms with van der Waals surface area (Å²) in [5, 5.41) is 9.54. The van der Waals surface area contributed by atoms with Crippen molar-refractivity contribution in [3.8, 4) is 0 Å². The van der Waals surface area contributed by atoms with Crippen molar-refractivity contribution in [2.45, 2.75) is 37.8 Å². The Morgan fingerprint density at radius 1 is 1.17 bits per heavy atom. The van der Waals surface area contributed by atoms with Crippen LogP contribution in [0.3, 0.4) is 0 Å². The number of piperazine rings is 1. The fraction of sp³-hybridized carbons (Fsp3) is 0.500. The van der Waals surface area contributed by atoms with Crippen LogP contribution in [0.25, 0.3) is 0 Å². The van der Waals surface area contributed by atoms with Crippen LogP contribution in [0, 0.1) is 0 Å². The summed E-state index contributed by atoms with van der Waals surface area (Å²) in [5.41, 5.74) is 0.677. The Morgan fingerprint density at radius 3 is 2.62 bits per heavy atom. The number of carboxylic acids is 1. The number of Topliss-reactive ketones (excluding diaryl/α,β-unsaturated/α-hetero) is 1. The lowest BCUT2D eigenvalue weighted by molar-refractivity contribution is -0.144. The molecule has 0 aromatic heterocycles. The summed E-state index contributed by atoms with van der Waals surface area (Å²) >= 11 is 5.49. The minimum atomic E-state index is -0.836.